The molecule has 0 aromatic carbocycles. The molecule has 4 heteroatoms. The first-order valence-electron chi connectivity index (χ1n) is 7.86. The van der Waals surface area contributed by atoms with Gasteiger partial charge in [-0.25, -0.2) is 0 Å². The summed E-state index contributed by atoms with van der Waals surface area (Å²) >= 11 is 1.76. The van der Waals surface area contributed by atoms with Crippen molar-refractivity contribution in [3.05, 3.63) is 10.0 Å². The lowest BCUT2D eigenvalue weighted by molar-refractivity contribution is 0.155. The van der Waals surface area contributed by atoms with Gasteiger partial charge in [0, 0.05) is 5.92 Å². The lowest BCUT2D eigenvalue weighted by atomic mass is 9.68. The molecule has 4 unspecified atom stereocenters. The molecule has 4 atom stereocenters. The molecule has 0 radical (unpaired) electrons. The molecule has 3 nitrogen and oxygen atoms in total. The third-order valence-electron chi connectivity index (χ3n) is 5.10. The van der Waals surface area contributed by atoms with Gasteiger partial charge in [0.2, 0.25) is 0 Å². The van der Waals surface area contributed by atoms with Gasteiger partial charge in [-0.1, -0.05) is 43.9 Å². The molecule has 3 rings (SSSR count). The van der Waals surface area contributed by atoms with Crippen molar-refractivity contribution in [1.82, 2.24) is 10.2 Å². The molecule has 2 saturated carbocycles. The van der Waals surface area contributed by atoms with Crippen LogP contribution in [0.25, 0.3) is 0 Å². The zero-order chi connectivity index (χ0) is 13.2. The smallest absolute Gasteiger partial charge is 0.134 e. The molecule has 0 bridgehead atoms. The van der Waals surface area contributed by atoms with Crippen molar-refractivity contribution in [2.45, 2.75) is 70.3 Å². The van der Waals surface area contributed by atoms with Crippen molar-refractivity contribution < 1.29 is 0 Å². The van der Waals surface area contributed by atoms with Crippen LogP contribution in [0.4, 0.5) is 0 Å². The Bertz CT molecular complexity index is 417. The first kappa shape index (κ1) is 13.5. The molecule has 0 spiro atoms. The van der Waals surface area contributed by atoms with Gasteiger partial charge < -0.3 is 5.73 Å². The van der Waals surface area contributed by atoms with E-state index in [-0.39, 0.29) is 6.04 Å². The monoisotopic (exact) mass is 279 g/mol. The molecule has 2 aliphatic rings. The van der Waals surface area contributed by atoms with E-state index < -0.39 is 0 Å². The van der Waals surface area contributed by atoms with Gasteiger partial charge >= 0.3 is 0 Å². The van der Waals surface area contributed by atoms with E-state index in [9.17, 15) is 0 Å². The summed E-state index contributed by atoms with van der Waals surface area (Å²) in [7, 11) is 0. The summed E-state index contributed by atoms with van der Waals surface area (Å²) in [6.45, 7) is 2.11. The Balaban J connectivity index is 1.67. The summed E-state index contributed by atoms with van der Waals surface area (Å²) in [5.74, 6) is 2.63. The molecule has 106 valence electrons. The molecular weight excluding hydrogens is 254 g/mol. The Morgan fingerprint density at radius 2 is 1.95 bits per heavy atom. The quantitative estimate of drug-likeness (QED) is 0.909. The highest BCUT2D eigenvalue weighted by atomic mass is 32.1. The lowest BCUT2D eigenvalue weighted by Crippen LogP contribution is -2.26. The van der Waals surface area contributed by atoms with Crippen LogP contribution >= 0.6 is 11.3 Å². The third-order valence-corrected chi connectivity index (χ3v) is 6.32. The average molecular weight is 279 g/mol. The van der Waals surface area contributed by atoms with Gasteiger partial charge in [-0.3, -0.25) is 0 Å². The Kier molecular flexibility index (Phi) is 4.18. The number of nitrogens with zero attached hydrogens (tertiary/aromatic N) is 2. The van der Waals surface area contributed by atoms with Gasteiger partial charge in [-0.15, -0.1) is 10.2 Å². The molecule has 2 aliphatic carbocycles. The molecule has 1 aromatic rings. The van der Waals surface area contributed by atoms with E-state index in [1.54, 1.807) is 11.3 Å². The zero-order valence-corrected chi connectivity index (χ0v) is 12.7. The van der Waals surface area contributed by atoms with Crippen LogP contribution in [0.3, 0.4) is 0 Å². The van der Waals surface area contributed by atoms with Crippen LogP contribution in [0.2, 0.25) is 0 Å². The summed E-state index contributed by atoms with van der Waals surface area (Å²) in [4.78, 5) is 0. The lowest BCUT2D eigenvalue weighted by Gasteiger charge is -2.38. The van der Waals surface area contributed by atoms with Gasteiger partial charge in [-0.05, 0) is 37.5 Å². The van der Waals surface area contributed by atoms with Crippen LogP contribution in [-0.2, 0) is 0 Å². The maximum atomic E-state index is 6.05. The van der Waals surface area contributed by atoms with Crippen LogP contribution in [0, 0.1) is 11.8 Å². The van der Waals surface area contributed by atoms with Gasteiger partial charge in [0.05, 0.1) is 6.04 Å². The number of fused-ring (bicyclic) bond motifs is 1. The largest absolute Gasteiger partial charge is 0.322 e. The second kappa shape index (κ2) is 5.88. The molecule has 0 aliphatic heterocycles. The second-order valence-electron chi connectivity index (χ2n) is 6.31. The highest BCUT2D eigenvalue weighted by Crippen LogP contribution is 2.46. The summed E-state index contributed by atoms with van der Waals surface area (Å²) < 4.78 is 0. The predicted octanol–water partition coefficient (Wildman–Crippen LogP) is 4.02. The van der Waals surface area contributed by atoms with Crippen LogP contribution < -0.4 is 5.73 Å². The number of rotatable bonds is 3. The van der Waals surface area contributed by atoms with E-state index in [0.717, 1.165) is 23.3 Å². The first-order valence-corrected chi connectivity index (χ1v) is 8.68. The van der Waals surface area contributed by atoms with Gasteiger partial charge in [-0.2, -0.15) is 0 Å². The van der Waals surface area contributed by atoms with Crippen LogP contribution in [0.15, 0.2) is 0 Å². The predicted molar refractivity (Wildman–Crippen MR) is 79.2 cm³/mol. The Morgan fingerprint density at radius 3 is 2.74 bits per heavy atom. The maximum Gasteiger partial charge on any atom is 0.134 e. The number of hydrogen-bond donors (Lipinski definition) is 1. The number of hydrogen-bond acceptors (Lipinski definition) is 4. The SMILES string of the molecule is CCC(N)c1nnc(C2CCC3CCCCC3C2)s1. The van der Waals surface area contributed by atoms with E-state index >= 15 is 0 Å². The van der Waals surface area contributed by atoms with Crippen LogP contribution in [0.1, 0.15) is 80.3 Å². The Hall–Kier alpha value is -0.480. The average Bonchev–Trinajstić information content (AvgIpc) is 2.95. The highest BCUT2D eigenvalue weighted by molar-refractivity contribution is 7.11. The molecule has 2 N–H and O–H groups in total. The summed E-state index contributed by atoms with van der Waals surface area (Å²) in [5, 5.41) is 11.0. The Morgan fingerprint density at radius 1 is 1.16 bits per heavy atom. The van der Waals surface area contributed by atoms with Crippen molar-refractivity contribution >= 4 is 11.3 Å². The molecule has 1 aromatic heterocycles. The molecule has 0 saturated heterocycles. The molecule has 0 amide bonds. The standard InChI is InChI=1S/C15H25N3S/c1-2-13(16)15-18-17-14(19-15)12-8-7-10-5-3-4-6-11(10)9-12/h10-13H,2-9,16H2,1H3. The maximum absolute atomic E-state index is 6.05. The van der Waals surface area contributed by atoms with E-state index in [1.165, 1.54) is 50.0 Å². The van der Waals surface area contributed by atoms with Crippen molar-refractivity contribution in [3.63, 3.8) is 0 Å². The highest BCUT2D eigenvalue weighted by Gasteiger charge is 2.34. The Labute approximate surface area is 120 Å². The number of nitrogens with two attached hydrogens (primary N) is 1. The van der Waals surface area contributed by atoms with Crippen LogP contribution in [-0.4, -0.2) is 10.2 Å². The number of aromatic nitrogens is 2. The van der Waals surface area contributed by atoms with Gasteiger partial charge in [0.1, 0.15) is 10.0 Å². The van der Waals surface area contributed by atoms with Crippen molar-refractivity contribution in [1.29, 1.82) is 0 Å². The fourth-order valence-corrected chi connectivity index (χ4v) is 4.91. The zero-order valence-electron chi connectivity index (χ0n) is 11.8. The second-order valence-corrected chi connectivity index (χ2v) is 7.35. The van der Waals surface area contributed by atoms with E-state index in [4.69, 9.17) is 5.73 Å². The van der Waals surface area contributed by atoms with Crippen molar-refractivity contribution in [2.75, 3.05) is 0 Å². The fourth-order valence-electron chi connectivity index (χ4n) is 3.83. The minimum absolute atomic E-state index is 0.0808. The minimum Gasteiger partial charge on any atom is -0.322 e. The first-order chi connectivity index (χ1) is 9.28. The van der Waals surface area contributed by atoms with Crippen molar-refractivity contribution in [3.8, 4) is 0 Å². The van der Waals surface area contributed by atoms with E-state index in [1.807, 2.05) is 0 Å². The van der Waals surface area contributed by atoms with E-state index in [2.05, 4.69) is 17.1 Å². The summed E-state index contributed by atoms with van der Waals surface area (Å²) in [6.07, 6.45) is 10.8. The third kappa shape index (κ3) is 2.84. The summed E-state index contributed by atoms with van der Waals surface area (Å²) in [5.41, 5.74) is 6.05. The van der Waals surface area contributed by atoms with Gasteiger partial charge in [0.15, 0.2) is 0 Å². The van der Waals surface area contributed by atoms with Crippen molar-refractivity contribution in [2.24, 2.45) is 17.6 Å². The fraction of sp³-hybridized carbons (Fsp3) is 0.867. The minimum atomic E-state index is 0.0808. The molecular formula is C15H25N3S. The van der Waals surface area contributed by atoms with Crippen LogP contribution in [0.5, 0.6) is 0 Å². The normalized spacial score (nSPS) is 32.8. The summed E-state index contributed by atoms with van der Waals surface area (Å²) in [6, 6.07) is 0.0808. The van der Waals surface area contributed by atoms with Gasteiger partial charge in [0.25, 0.3) is 0 Å². The topological polar surface area (TPSA) is 51.8 Å². The molecule has 2 fully saturated rings. The molecule has 1 heterocycles. The van der Waals surface area contributed by atoms with E-state index in [0.29, 0.717) is 5.92 Å². The molecule has 19 heavy (non-hydrogen) atoms.